The number of para-hydroxylation sites is 1. The molecule has 0 spiro atoms. The molecule has 1 aliphatic heterocycles. The van der Waals surface area contributed by atoms with Crippen LogP contribution in [0.4, 0.5) is 5.69 Å². The predicted octanol–water partition coefficient (Wildman–Crippen LogP) is 1.01. The third-order valence-corrected chi connectivity index (χ3v) is 4.03. The van der Waals surface area contributed by atoms with E-state index >= 15 is 0 Å². The lowest BCUT2D eigenvalue weighted by atomic mass is 10.1. The Hall–Kier alpha value is -2.82. The average molecular weight is 309 g/mol. The van der Waals surface area contributed by atoms with Crippen molar-refractivity contribution in [3.8, 4) is 0 Å². The fourth-order valence-corrected chi connectivity index (χ4v) is 2.77. The van der Waals surface area contributed by atoms with E-state index in [0.717, 1.165) is 18.8 Å². The van der Waals surface area contributed by atoms with E-state index in [9.17, 15) is 14.7 Å². The fourth-order valence-electron chi connectivity index (χ4n) is 2.77. The molecule has 1 amide bonds. The highest BCUT2D eigenvalue weighted by atomic mass is 16.4. The molecule has 0 aromatic heterocycles. The standard InChI is InChI=1S/C18H18N2O3/c21-17(14-5-4-6-15(13-14)18(22)23)20-11-9-19(10-12-20)16-7-2-1-3-8-16/h1-8,13H,9-12H2,(H,22,23)/p-1. The van der Waals surface area contributed by atoms with E-state index in [4.69, 9.17) is 0 Å². The molecule has 23 heavy (non-hydrogen) atoms. The molecule has 0 saturated carbocycles. The Labute approximate surface area is 134 Å². The number of carbonyl (C=O) groups excluding carboxylic acids is 2. The van der Waals surface area contributed by atoms with Crippen LogP contribution in [-0.4, -0.2) is 43.0 Å². The first-order valence-corrected chi connectivity index (χ1v) is 7.56. The number of hydrogen-bond acceptors (Lipinski definition) is 4. The molecule has 2 aromatic rings. The number of piperazine rings is 1. The van der Waals surface area contributed by atoms with Crippen LogP contribution in [0.2, 0.25) is 0 Å². The summed E-state index contributed by atoms with van der Waals surface area (Å²) in [4.78, 5) is 27.4. The molecule has 1 saturated heterocycles. The van der Waals surface area contributed by atoms with Gasteiger partial charge in [-0.1, -0.05) is 30.3 Å². The van der Waals surface area contributed by atoms with Gasteiger partial charge in [-0.3, -0.25) is 4.79 Å². The summed E-state index contributed by atoms with van der Waals surface area (Å²) in [6.07, 6.45) is 0. The first-order valence-electron chi connectivity index (χ1n) is 7.56. The second-order valence-electron chi connectivity index (χ2n) is 5.48. The molecule has 118 valence electrons. The Morgan fingerprint density at radius 2 is 1.48 bits per heavy atom. The average Bonchev–Trinajstić information content (AvgIpc) is 2.62. The zero-order valence-electron chi connectivity index (χ0n) is 12.6. The van der Waals surface area contributed by atoms with Crippen molar-refractivity contribution in [2.75, 3.05) is 31.1 Å². The minimum atomic E-state index is -1.27. The number of carbonyl (C=O) groups is 2. The number of hydrogen-bond donors (Lipinski definition) is 0. The number of benzene rings is 2. The zero-order chi connectivity index (χ0) is 16.2. The Bertz CT molecular complexity index is 707. The minimum Gasteiger partial charge on any atom is -0.545 e. The van der Waals surface area contributed by atoms with E-state index in [2.05, 4.69) is 17.0 Å². The van der Waals surface area contributed by atoms with Crippen molar-refractivity contribution < 1.29 is 14.7 Å². The van der Waals surface area contributed by atoms with Gasteiger partial charge in [-0.05, 0) is 29.8 Å². The number of aromatic carboxylic acids is 1. The topological polar surface area (TPSA) is 63.7 Å². The zero-order valence-corrected chi connectivity index (χ0v) is 12.6. The van der Waals surface area contributed by atoms with Crippen LogP contribution in [0.3, 0.4) is 0 Å². The Morgan fingerprint density at radius 1 is 0.826 bits per heavy atom. The minimum absolute atomic E-state index is 0.0266. The predicted molar refractivity (Wildman–Crippen MR) is 85.3 cm³/mol. The second-order valence-corrected chi connectivity index (χ2v) is 5.48. The van der Waals surface area contributed by atoms with Crippen LogP contribution < -0.4 is 10.0 Å². The molecule has 1 heterocycles. The summed E-state index contributed by atoms with van der Waals surface area (Å²) >= 11 is 0. The van der Waals surface area contributed by atoms with Crippen LogP contribution in [-0.2, 0) is 0 Å². The van der Waals surface area contributed by atoms with Crippen molar-refractivity contribution in [3.63, 3.8) is 0 Å². The first-order chi connectivity index (χ1) is 11.1. The van der Waals surface area contributed by atoms with Crippen molar-refractivity contribution in [1.29, 1.82) is 0 Å². The van der Waals surface area contributed by atoms with Gasteiger partial charge in [-0.15, -0.1) is 0 Å². The quantitative estimate of drug-likeness (QED) is 0.849. The number of carboxylic acid groups (broad SMARTS) is 1. The molecule has 5 nitrogen and oxygen atoms in total. The lowest BCUT2D eigenvalue weighted by molar-refractivity contribution is -0.255. The summed E-state index contributed by atoms with van der Waals surface area (Å²) in [7, 11) is 0. The summed E-state index contributed by atoms with van der Waals surface area (Å²) < 4.78 is 0. The highest BCUT2D eigenvalue weighted by Gasteiger charge is 2.22. The van der Waals surface area contributed by atoms with Gasteiger partial charge in [0.2, 0.25) is 0 Å². The molecule has 2 aromatic carbocycles. The van der Waals surface area contributed by atoms with E-state index in [1.807, 2.05) is 18.2 Å². The molecule has 0 radical (unpaired) electrons. The summed E-state index contributed by atoms with van der Waals surface area (Å²) in [6.45, 7) is 2.75. The van der Waals surface area contributed by atoms with E-state index < -0.39 is 5.97 Å². The summed E-state index contributed by atoms with van der Waals surface area (Å²) in [6, 6.07) is 16.1. The molecule has 0 bridgehead atoms. The Kier molecular flexibility index (Phi) is 4.28. The number of rotatable bonds is 3. The molecule has 0 N–H and O–H groups in total. The summed E-state index contributed by atoms with van der Waals surface area (Å²) in [5.74, 6) is -1.41. The molecule has 1 aliphatic rings. The highest BCUT2D eigenvalue weighted by Crippen LogP contribution is 2.17. The largest absolute Gasteiger partial charge is 0.545 e. The molecular weight excluding hydrogens is 292 g/mol. The number of carboxylic acids is 1. The van der Waals surface area contributed by atoms with E-state index in [-0.39, 0.29) is 11.5 Å². The van der Waals surface area contributed by atoms with Crippen LogP contribution in [0.1, 0.15) is 20.7 Å². The first kappa shape index (κ1) is 15.1. The SMILES string of the molecule is O=C([O-])c1cccc(C(=O)N2CCN(c3ccccc3)CC2)c1. The van der Waals surface area contributed by atoms with Gasteiger partial charge >= 0.3 is 0 Å². The Balaban J connectivity index is 1.66. The van der Waals surface area contributed by atoms with E-state index in [0.29, 0.717) is 18.7 Å². The van der Waals surface area contributed by atoms with Crippen LogP contribution in [0, 0.1) is 0 Å². The van der Waals surface area contributed by atoms with Gasteiger partial charge in [0, 0.05) is 37.4 Å². The van der Waals surface area contributed by atoms with Crippen molar-refractivity contribution in [2.24, 2.45) is 0 Å². The van der Waals surface area contributed by atoms with Crippen LogP contribution in [0.5, 0.6) is 0 Å². The summed E-state index contributed by atoms with van der Waals surface area (Å²) in [5.41, 5.74) is 1.57. The highest BCUT2D eigenvalue weighted by molar-refractivity contribution is 5.97. The van der Waals surface area contributed by atoms with E-state index in [1.54, 1.807) is 17.0 Å². The molecule has 0 unspecified atom stereocenters. The fraction of sp³-hybridized carbons (Fsp3) is 0.222. The van der Waals surface area contributed by atoms with Gasteiger partial charge in [0.1, 0.15) is 0 Å². The molecule has 1 fully saturated rings. The van der Waals surface area contributed by atoms with Crippen LogP contribution in [0.15, 0.2) is 54.6 Å². The van der Waals surface area contributed by atoms with Crippen LogP contribution >= 0.6 is 0 Å². The normalized spacial score (nSPS) is 14.6. The maximum Gasteiger partial charge on any atom is 0.253 e. The van der Waals surface area contributed by atoms with Gasteiger partial charge in [0.05, 0.1) is 5.97 Å². The van der Waals surface area contributed by atoms with Gasteiger partial charge in [-0.25, -0.2) is 0 Å². The van der Waals surface area contributed by atoms with Crippen molar-refractivity contribution >= 4 is 17.6 Å². The molecule has 3 rings (SSSR count). The van der Waals surface area contributed by atoms with Crippen molar-refractivity contribution in [3.05, 3.63) is 65.7 Å². The third-order valence-electron chi connectivity index (χ3n) is 4.03. The maximum absolute atomic E-state index is 12.5. The third kappa shape index (κ3) is 3.34. The van der Waals surface area contributed by atoms with E-state index in [1.165, 1.54) is 12.1 Å². The van der Waals surface area contributed by atoms with Gasteiger partial charge in [-0.2, -0.15) is 0 Å². The molecule has 5 heteroatoms. The lowest BCUT2D eigenvalue weighted by Crippen LogP contribution is -2.48. The molecule has 0 atom stereocenters. The number of nitrogens with zero attached hydrogens (tertiary/aromatic N) is 2. The monoisotopic (exact) mass is 309 g/mol. The second kappa shape index (κ2) is 6.52. The smallest absolute Gasteiger partial charge is 0.253 e. The van der Waals surface area contributed by atoms with Crippen molar-refractivity contribution in [1.82, 2.24) is 4.90 Å². The van der Waals surface area contributed by atoms with Crippen LogP contribution in [0.25, 0.3) is 0 Å². The van der Waals surface area contributed by atoms with Gasteiger partial charge < -0.3 is 19.7 Å². The van der Waals surface area contributed by atoms with Crippen molar-refractivity contribution in [2.45, 2.75) is 0 Å². The summed E-state index contributed by atoms with van der Waals surface area (Å²) in [5, 5.41) is 10.9. The lowest BCUT2D eigenvalue weighted by Gasteiger charge is -2.36. The maximum atomic E-state index is 12.5. The molecule has 0 aliphatic carbocycles. The van der Waals surface area contributed by atoms with Gasteiger partial charge in [0.25, 0.3) is 5.91 Å². The van der Waals surface area contributed by atoms with Gasteiger partial charge in [0.15, 0.2) is 0 Å². The number of amides is 1. The molecular formula is C18H17N2O3-. The number of anilines is 1. The Morgan fingerprint density at radius 3 is 2.13 bits per heavy atom.